The van der Waals surface area contributed by atoms with E-state index in [4.69, 9.17) is 5.11 Å². The third-order valence-electron chi connectivity index (χ3n) is 3.32. The molecule has 1 aromatic rings. The van der Waals surface area contributed by atoms with Gasteiger partial charge in [0.1, 0.15) is 5.82 Å². The summed E-state index contributed by atoms with van der Waals surface area (Å²) in [6.07, 6.45) is 1.40. The summed E-state index contributed by atoms with van der Waals surface area (Å²) in [6, 6.07) is 2.79. The molecule has 7 heteroatoms. The molecule has 0 saturated heterocycles. The van der Waals surface area contributed by atoms with Crippen LogP contribution in [0.1, 0.15) is 24.8 Å². The lowest BCUT2D eigenvalue weighted by Crippen LogP contribution is -2.38. The molecule has 1 unspecified atom stereocenters. The zero-order valence-electron chi connectivity index (χ0n) is 11.0. The van der Waals surface area contributed by atoms with Gasteiger partial charge in [0, 0.05) is 6.04 Å². The lowest BCUT2D eigenvalue weighted by Gasteiger charge is -2.17. The highest BCUT2D eigenvalue weighted by molar-refractivity contribution is 7.89. The smallest absolute Gasteiger partial charge is 0.304 e. The molecule has 1 saturated carbocycles. The van der Waals surface area contributed by atoms with E-state index < -0.39 is 27.9 Å². The molecule has 20 heavy (non-hydrogen) atoms. The van der Waals surface area contributed by atoms with E-state index in [0.29, 0.717) is 5.56 Å². The molecule has 0 bridgehead atoms. The van der Waals surface area contributed by atoms with Crippen molar-refractivity contribution in [1.82, 2.24) is 4.72 Å². The molecular formula is C13H16FNO4S. The predicted molar refractivity (Wildman–Crippen MR) is 70.2 cm³/mol. The summed E-state index contributed by atoms with van der Waals surface area (Å²) in [5, 5.41) is 8.83. The normalized spacial score (nSPS) is 16.9. The zero-order valence-corrected chi connectivity index (χ0v) is 11.8. The summed E-state index contributed by atoms with van der Waals surface area (Å²) in [4.78, 5) is 10.8. The van der Waals surface area contributed by atoms with Crippen LogP contribution in [-0.2, 0) is 14.8 Å². The van der Waals surface area contributed by atoms with E-state index >= 15 is 0 Å². The summed E-state index contributed by atoms with van der Waals surface area (Å²) < 4.78 is 40.0. The van der Waals surface area contributed by atoms with Gasteiger partial charge in [-0.05, 0) is 49.4 Å². The van der Waals surface area contributed by atoms with Gasteiger partial charge in [0.25, 0.3) is 0 Å². The highest BCUT2D eigenvalue weighted by Gasteiger charge is 2.36. The van der Waals surface area contributed by atoms with Crippen LogP contribution in [0.25, 0.3) is 0 Å². The second-order valence-electron chi connectivity index (χ2n) is 5.07. The molecule has 2 rings (SSSR count). The minimum atomic E-state index is -3.84. The van der Waals surface area contributed by atoms with E-state index in [1.54, 1.807) is 0 Å². The number of sulfonamides is 1. The Bertz CT molecular complexity index is 625. The van der Waals surface area contributed by atoms with Crippen LogP contribution in [0.4, 0.5) is 4.39 Å². The van der Waals surface area contributed by atoms with Gasteiger partial charge in [0.05, 0.1) is 11.3 Å². The van der Waals surface area contributed by atoms with Gasteiger partial charge in [-0.2, -0.15) is 0 Å². The van der Waals surface area contributed by atoms with Crippen LogP contribution < -0.4 is 4.72 Å². The minimum absolute atomic E-state index is 0.0186. The Labute approximate surface area is 116 Å². The molecule has 2 N–H and O–H groups in total. The SMILES string of the molecule is Cc1cc(F)ccc1S(=O)(=O)NC(CC(=O)O)C1CC1. The molecule has 0 aromatic heterocycles. The van der Waals surface area contributed by atoms with E-state index in [9.17, 15) is 17.6 Å². The van der Waals surface area contributed by atoms with E-state index in [-0.39, 0.29) is 17.2 Å². The molecule has 1 aliphatic rings. The largest absolute Gasteiger partial charge is 0.481 e. The van der Waals surface area contributed by atoms with Crippen molar-refractivity contribution >= 4 is 16.0 Å². The average molecular weight is 301 g/mol. The molecule has 0 spiro atoms. The zero-order chi connectivity index (χ0) is 14.9. The lowest BCUT2D eigenvalue weighted by molar-refractivity contribution is -0.137. The molecule has 0 heterocycles. The molecule has 110 valence electrons. The first-order valence-corrected chi connectivity index (χ1v) is 7.78. The van der Waals surface area contributed by atoms with Crippen molar-refractivity contribution < 1.29 is 22.7 Å². The van der Waals surface area contributed by atoms with Crippen LogP contribution in [0.2, 0.25) is 0 Å². The molecule has 0 amide bonds. The van der Waals surface area contributed by atoms with E-state index in [0.717, 1.165) is 25.0 Å². The summed E-state index contributed by atoms with van der Waals surface area (Å²) in [5.41, 5.74) is 0.294. The van der Waals surface area contributed by atoms with Gasteiger partial charge in [-0.3, -0.25) is 4.79 Å². The molecule has 1 fully saturated rings. The minimum Gasteiger partial charge on any atom is -0.481 e. The second kappa shape index (κ2) is 5.49. The van der Waals surface area contributed by atoms with Crippen LogP contribution in [0.5, 0.6) is 0 Å². The summed E-state index contributed by atoms with van der Waals surface area (Å²) in [5.74, 6) is -1.48. The number of rotatable bonds is 6. The maximum Gasteiger partial charge on any atom is 0.304 e. The number of carbonyl (C=O) groups is 1. The standard InChI is InChI=1S/C13H16FNO4S/c1-8-6-10(14)4-5-12(8)20(18,19)15-11(7-13(16)17)9-2-3-9/h4-6,9,11,15H,2-3,7H2,1H3,(H,16,17). The summed E-state index contributed by atoms with van der Waals surface area (Å²) in [7, 11) is -3.84. The van der Waals surface area contributed by atoms with Crippen LogP contribution in [0, 0.1) is 18.7 Å². The molecular weight excluding hydrogens is 285 g/mol. The van der Waals surface area contributed by atoms with Crippen LogP contribution in [-0.4, -0.2) is 25.5 Å². The Kier molecular flexibility index (Phi) is 4.10. The number of aliphatic carboxylic acids is 1. The first-order chi connectivity index (χ1) is 9.29. The molecule has 5 nitrogen and oxygen atoms in total. The fourth-order valence-corrected chi connectivity index (χ4v) is 3.70. The molecule has 1 aliphatic carbocycles. The lowest BCUT2D eigenvalue weighted by atomic mass is 10.1. The molecule has 1 aromatic carbocycles. The van der Waals surface area contributed by atoms with Crippen molar-refractivity contribution in [3.63, 3.8) is 0 Å². The van der Waals surface area contributed by atoms with Crippen molar-refractivity contribution in [2.24, 2.45) is 5.92 Å². The maximum atomic E-state index is 13.0. The van der Waals surface area contributed by atoms with Gasteiger partial charge < -0.3 is 5.11 Å². The maximum absolute atomic E-state index is 13.0. The Balaban J connectivity index is 2.22. The van der Waals surface area contributed by atoms with Crippen molar-refractivity contribution in [2.45, 2.75) is 37.1 Å². The van der Waals surface area contributed by atoms with Gasteiger partial charge in [-0.25, -0.2) is 17.5 Å². The fourth-order valence-electron chi connectivity index (χ4n) is 2.17. The number of benzene rings is 1. The average Bonchev–Trinajstić information content (AvgIpc) is 3.09. The van der Waals surface area contributed by atoms with E-state index in [1.165, 1.54) is 13.0 Å². The van der Waals surface area contributed by atoms with Crippen molar-refractivity contribution in [3.05, 3.63) is 29.6 Å². The second-order valence-corrected chi connectivity index (χ2v) is 6.76. The number of hydrogen-bond acceptors (Lipinski definition) is 3. The Morgan fingerprint density at radius 1 is 1.50 bits per heavy atom. The monoisotopic (exact) mass is 301 g/mol. The number of aryl methyl sites for hydroxylation is 1. The molecule has 0 radical (unpaired) electrons. The van der Waals surface area contributed by atoms with Crippen molar-refractivity contribution in [2.75, 3.05) is 0 Å². The van der Waals surface area contributed by atoms with Crippen molar-refractivity contribution in [3.8, 4) is 0 Å². The summed E-state index contributed by atoms with van der Waals surface area (Å²) in [6.45, 7) is 1.50. The third kappa shape index (κ3) is 3.55. The van der Waals surface area contributed by atoms with Gasteiger partial charge >= 0.3 is 5.97 Å². The number of carboxylic acid groups (broad SMARTS) is 1. The topological polar surface area (TPSA) is 83.5 Å². The number of carboxylic acids is 1. The quantitative estimate of drug-likeness (QED) is 0.837. The number of halogens is 1. The fraction of sp³-hybridized carbons (Fsp3) is 0.462. The number of nitrogens with one attached hydrogen (secondary N) is 1. The Morgan fingerprint density at radius 2 is 2.15 bits per heavy atom. The Hall–Kier alpha value is -1.47. The highest BCUT2D eigenvalue weighted by Crippen LogP contribution is 2.35. The van der Waals surface area contributed by atoms with Crippen molar-refractivity contribution in [1.29, 1.82) is 0 Å². The summed E-state index contributed by atoms with van der Waals surface area (Å²) >= 11 is 0. The predicted octanol–water partition coefficient (Wildman–Crippen LogP) is 1.67. The first kappa shape index (κ1) is 14.9. The number of hydrogen-bond donors (Lipinski definition) is 2. The van der Waals surface area contributed by atoms with E-state index in [2.05, 4.69) is 4.72 Å². The van der Waals surface area contributed by atoms with Gasteiger partial charge in [-0.1, -0.05) is 0 Å². The van der Waals surface area contributed by atoms with Gasteiger partial charge in [0.2, 0.25) is 10.0 Å². The molecule has 1 atom stereocenters. The molecule has 0 aliphatic heterocycles. The van der Waals surface area contributed by atoms with Crippen LogP contribution in [0.3, 0.4) is 0 Å². The van der Waals surface area contributed by atoms with Crippen LogP contribution >= 0.6 is 0 Å². The Morgan fingerprint density at radius 3 is 2.65 bits per heavy atom. The first-order valence-electron chi connectivity index (χ1n) is 6.30. The third-order valence-corrected chi connectivity index (χ3v) is 4.97. The van der Waals surface area contributed by atoms with E-state index in [1.807, 2.05) is 0 Å². The van der Waals surface area contributed by atoms with Gasteiger partial charge in [0.15, 0.2) is 0 Å². The highest BCUT2D eigenvalue weighted by atomic mass is 32.2. The van der Waals surface area contributed by atoms with Crippen LogP contribution in [0.15, 0.2) is 23.1 Å². The van der Waals surface area contributed by atoms with Gasteiger partial charge in [-0.15, -0.1) is 0 Å².